The Morgan fingerprint density at radius 1 is 1.32 bits per heavy atom. The van der Waals surface area contributed by atoms with Crippen molar-refractivity contribution in [3.8, 4) is 0 Å². The molecule has 6 nitrogen and oxygen atoms in total. The summed E-state index contributed by atoms with van der Waals surface area (Å²) >= 11 is 0. The molecule has 0 saturated heterocycles. The molecule has 0 aliphatic carbocycles. The summed E-state index contributed by atoms with van der Waals surface area (Å²) < 4.78 is 26.7. The minimum atomic E-state index is -3.47. The van der Waals surface area contributed by atoms with E-state index in [2.05, 4.69) is 15.3 Å². The highest BCUT2D eigenvalue weighted by molar-refractivity contribution is 7.89. The molecular formula is C12H14N4O2S. The number of nitrogens with zero attached hydrogens (tertiary/aromatic N) is 2. The van der Waals surface area contributed by atoms with Gasteiger partial charge < -0.3 is 10.3 Å². The Balaban J connectivity index is 1.99. The lowest BCUT2D eigenvalue weighted by atomic mass is 10.3. The van der Waals surface area contributed by atoms with Crippen LogP contribution in [0.3, 0.4) is 0 Å². The van der Waals surface area contributed by atoms with Crippen LogP contribution < -0.4 is 5.32 Å². The van der Waals surface area contributed by atoms with E-state index in [4.69, 9.17) is 0 Å². The molecule has 1 aliphatic heterocycles. The lowest BCUT2D eigenvalue weighted by molar-refractivity contribution is 0.418. The van der Waals surface area contributed by atoms with Gasteiger partial charge in [-0.25, -0.2) is 13.4 Å². The summed E-state index contributed by atoms with van der Waals surface area (Å²) in [4.78, 5) is 7.17. The molecule has 1 aromatic carbocycles. The van der Waals surface area contributed by atoms with Gasteiger partial charge >= 0.3 is 0 Å². The van der Waals surface area contributed by atoms with Crippen LogP contribution in [0.25, 0.3) is 0 Å². The minimum Gasteiger partial charge on any atom is -0.383 e. The van der Waals surface area contributed by atoms with Crippen molar-refractivity contribution in [2.45, 2.75) is 11.4 Å². The highest BCUT2D eigenvalue weighted by Gasteiger charge is 2.29. The van der Waals surface area contributed by atoms with E-state index in [0.717, 1.165) is 5.69 Å². The quantitative estimate of drug-likeness (QED) is 0.860. The predicted molar refractivity (Wildman–Crippen MR) is 71.1 cm³/mol. The molecule has 7 heteroatoms. The van der Waals surface area contributed by atoms with Crippen LogP contribution in [0.4, 0.5) is 5.69 Å². The van der Waals surface area contributed by atoms with Gasteiger partial charge in [-0.3, -0.25) is 0 Å². The van der Waals surface area contributed by atoms with E-state index in [-0.39, 0.29) is 0 Å². The Bertz CT molecular complexity index is 667. The number of aromatic amines is 1. The Morgan fingerprint density at radius 3 is 2.95 bits per heavy atom. The summed E-state index contributed by atoms with van der Waals surface area (Å²) in [6.45, 7) is 1.32. The number of imidazole rings is 1. The number of hydrogen-bond acceptors (Lipinski definition) is 4. The van der Waals surface area contributed by atoms with Crippen LogP contribution in [-0.2, 0) is 16.6 Å². The molecule has 0 fully saturated rings. The first-order valence-electron chi connectivity index (χ1n) is 5.98. The second-order valence-corrected chi connectivity index (χ2v) is 6.24. The monoisotopic (exact) mass is 278 g/mol. The van der Waals surface area contributed by atoms with E-state index in [9.17, 15) is 8.42 Å². The average Bonchev–Trinajstić information content (AvgIpc) is 2.86. The van der Waals surface area contributed by atoms with Gasteiger partial charge in [0.1, 0.15) is 4.90 Å². The fraction of sp³-hybridized carbons (Fsp3) is 0.250. The summed E-state index contributed by atoms with van der Waals surface area (Å²) in [5, 5.41) is 3.14. The third kappa shape index (κ3) is 2.22. The van der Waals surface area contributed by atoms with Crippen LogP contribution in [0.2, 0.25) is 0 Å². The largest absolute Gasteiger partial charge is 0.383 e. The van der Waals surface area contributed by atoms with Crippen molar-refractivity contribution in [1.82, 2.24) is 14.3 Å². The molecular weight excluding hydrogens is 264 g/mol. The molecule has 100 valence electrons. The van der Waals surface area contributed by atoms with Crippen molar-refractivity contribution in [1.29, 1.82) is 0 Å². The third-order valence-electron chi connectivity index (χ3n) is 3.08. The molecule has 0 spiro atoms. The van der Waals surface area contributed by atoms with E-state index in [1.807, 2.05) is 6.07 Å². The summed E-state index contributed by atoms with van der Waals surface area (Å²) in [6.07, 6.45) is 3.19. The fourth-order valence-electron chi connectivity index (χ4n) is 2.14. The maximum Gasteiger partial charge on any atom is 0.245 e. The lowest BCUT2D eigenvalue weighted by Crippen LogP contribution is -2.32. The van der Waals surface area contributed by atoms with Gasteiger partial charge in [0, 0.05) is 25.0 Å². The van der Waals surface area contributed by atoms with Gasteiger partial charge in [0.05, 0.1) is 18.6 Å². The van der Waals surface area contributed by atoms with Crippen molar-refractivity contribution < 1.29 is 8.42 Å². The Morgan fingerprint density at radius 2 is 2.16 bits per heavy atom. The van der Waals surface area contributed by atoms with Crippen molar-refractivity contribution in [2.75, 3.05) is 18.4 Å². The molecule has 0 unspecified atom stereocenters. The highest BCUT2D eigenvalue weighted by Crippen LogP contribution is 2.27. The maximum absolute atomic E-state index is 12.6. The second-order valence-electron chi connectivity index (χ2n) is 4.34. The molecule has 0 atom stereocenters. The normalized spacial score (nSPS) is 18.3. The van der Waals surface area contributed by atoms with Gasteiger partial charge in [-0.15, -0.1) is 0 Å². The number of benzene rings is 1. The molecule has 0 amide bonds. The van der Waals surface area contributed by atoms with Gasteiger partial charge in [0.25, 0.3) is 0 Å². The summed E-state index contributed by atoms with van der Waals surface area (Å²) in [6, 6.07) is 6.97. The van der Waals surface area contributed by atoms with E-state index >= 15 is 0 Å². The Kier molecular flexibility index (Phi) is 3.00. The molecule has 2 heterocycles. The number of para-hydroxylation sites is 1. The maximum atomic E-state index is 12.6. The number of nitrogens with one attached hydrogen (secondary N) is 2. The molecule has 0 bridgehead atoms. The Hall–Kier alpha value is -1.86. The summed E-state index contributed by atoms with van der Waals surface area (Å²) in [5.74, 6) is 0. The minimum absolute atomic E-state index is 0.304. The number of sulfonamides is 1. The van der Waals surface area contributed by atoms with Crippen LogP contribution >= 0.6 is 0 Å². The standard InChI is InChI=1S/C12H14N4O2S/c17-19(18)12-4-2-1-3-11(12)14-5-6-16(19)8-10-7-13-9-15-10/h1-4,7,9,14H,5-6,8H2,(H,13,15). The number of fused-ring (bicyclic) bond motifs is 1. The van der Waals surface area contributed by atoms with Crippen LogP contribution in [0, 0.1) is 0 Å². The first kappa shape index (κ1) is 12.2. The van der Waals surface area contributed by atoms with E-state index in [1.54, 1.807) is 30.7 Å². The first-order valence-corrected chi connectivity index (χ1v) is 7.42. The number of rotatable bonds is 2. The van der Waals surface area contributed by atoms with Crippen LogP contribution in [-0.4, -0.2) is 35.8 Å². The number of anilines is 1. The fourth-order valence-corrected chi connectivity index (χ4v) is 3.72. The number of hydrogen-bond donors (Lipinski definition) is 2. The highest BCUT2D eigenvalue weighted by atomic mass is 32.2. The number of H-pyrrole nitrogens is 1. The van der Waals surface area contributed by atoms with Gasteiger partial charge in [0.2, 0.25) is 10.0 Å². The van der Waals surface area contributed by atoms with Crippen molar-refractivity contribution in [2.24, 2.45) is 0 Å². The van der Waals surface area contributed by atoms with E-state index < -0.39 is 10.0 Å². The van der Waals surface area contributed by atoms with Crippen molar-refractivity contribution >= 4 is 15.7 Å². The summed E-state index contributed by atoms with van der Waals surface area (Å²) in [5.41, 5.74) is 1.44. The third-order valence-corrected chi connectivity index (χ3v) is 4.99. The summed E-state index contributed by atoms with van der Waals surface area (Å²) in [7, 11) is -3.47. The first-order chi connectivity index (χ1) is 9.18. The molecule has 1 aliphatic rings. The van der Waals surface area contributed by atoms with E-state index in [1.165, 1.54) is 4.31 Å². The van der Waals surface area contributed by atoms with Crippen LogP contribution in [0.15, 0.2) is 41.7 Å². The molecule has 3 rings (SSSR count). The van der Waals surface area contributed by atoms with Gasteiger partial charge in [-0.1, -0.05) is 12.1 Å². The van der Waals surface area contributed by atoms with Crippen molar-refractivity contribution in [3.63, 3.8) is 0 Å². The zero-order valence-electron chi connectivity index (χ0n) is 10.2. The van der Waals surface area contributed by atoms with Gasteiger partial charge in [0.15, 0.2) is 0 Å². The topological polar surface area (TPSA) is 78.1 Å². The average molecular weight is 278 g/mol. The Labute approximate surface area is 111 Å². The van der Waals surface area contributed by atoms with Gasteiger partial charge in [-0.2, -0.15) is 4.31 Å². The second kappa shape index (κ2) is 4.67. The van der Waals surface area contributed by atoms with Crippen molar-refractivity contribution in [3.05, 3.63) is 42.5 Å². The molecule has 1 aromatic heterocycles. The smallest absolute Gasteiger partial charge is 0.245 e. The lowest BCUT2D eigenvalue weighted by Gasteiger charge is -2.18. The van der Waals surface area contributed by atoms with Crippen LogP contribution in [0.1, 0.15) is 5.69 Å². The SMILES string of the molecule is O=S1(=O)c2ccccc2NCCN1Cc1cnc[nH]1. The molecule has 0 radical (unpaired) electrons. The molecule has 19 heavy (non-hydrogen) atoms. The van der Waals surface area contributed by atoms with E-state index in [0.29, 0.717) is 30.2 Å². The molecule has 2 aromatic rings. The zero-order chi connectivity index (χ0) is 13.3. The zero-order valence-corrected chi connectivity index (χ0v) is 11.0. The predicted octanol–water partition coefficient (Wildman–Crippen LogP) is 1.03. The van der Waals surface area contributed by atoms with Gasteiger partial charge in [-0.05, 0) is 12.1 Å². The molecule has 0 saturated carbocycles. The molecule has 2 N–H and O–H groups in total. The number of aromatic nitrogens is 2. The van der Waals surface area contributed by atoms with Crippen LogP contribution in [0.5, 0.6) is 0 Å².